The lowest BCUT2D eigenvalue weighted by atomic mass is 9.76. The van der Waals surface area contributed by atoms with Gasteiger partial charge in [-0.2, -0.15) is 0 Å². The zero-order valence-corrected chi connectivity index (χ0v) is 27.0. The van der Waals surface area contributed by atoms with E-state index in [1.54, 1.807) is 38.9 Å². The van der Waals surface area contributed by atoms with Crippen LogP contribution in [-0.4, -0.2) is 67.6 Å². The molecule has 1 aromatic carbocycles. The van der Waals surface area contributed by atoms with Crippen LogP contribution >= 0.6 is 0 Å². The number of benzene rings is 1. The molecule has 1 rings (SSSR count). The van der Waals surface area contributed by atoms with E-state index >= 15 is 0 Å². The van der Waals surface area contributed by atoms with Crippen molar-refractivity contribution in [3.05, 3.63) is 41.5 Å². The van der Waals surface area contributed by atoms with Gasteiger partial charge in [0.2, 0.25) is 11.8 Å². The molecule has 0 aliphatic rings. The lowest BCUT2D eigenvalue weighted by Crippen LogP contribution is -2.61. The maximum Gasteiger partial charge on any atom is 0.333 e. The quantitative estimate of drug-likeness (QED) is 0.265. The van der Waals surface area contributed by atoms with Gasteiger partial charge in [0.15, 0.2) is 0 Å². The van der Waals surface area contributed by atoms with Gasteiger partial charge in [-0.1, -0.05) is 66.7 Å². The number of amides is 2. The normalized spacial score (nSPS) is 14.9. The predicted octanol–water partition coefficient (Wildman–Crippen LogP) is 4.86. The van der Waals surface area contributed by atoms with Crippen LogP contribution in [0.5, 0.6) is 5.75 Å². The molecule has 1 unspecified atom stereocenters. The van der Waals surface area contributed by atoms with Crippen molar-refractivity contribution in [2.24, 2.45) is 11.3 Å². The van der Waals surface area contributed by atoms with E-state index in [2.05, 4.69) is 10.6 Å². The summed E-state index contributed by atoms with van der Waals surface area (Å²) in [5.74, 6) is -0.0985. The Morgan fingerprint density at radius 2 is 1.52 bits per heavy atom. The van der Waals surface area contributed by atoms with Gasteiger partial charge in [-0.25, -0.2) is 4.79 Å². The van der Waals surface area contributed by atoms with E-state index in [-0.39, 0.29) is 36.5 Å². The lowest BCUT2D eigenvalue weighted by Gasteiger charge is -2.40. The molecule has 2 N–H and O–H groups in total. The first-order valence-corrected chi connectivity index (χ1v) is 14.2. The number of carbonyl (C=O) groups excluding carboxylic acids is 3. The number of carbonyl (C=O) groups is 3. The molecule has 0 aliphatic heterocycles. The predicted molar refractivity (Wildman–Crippen MR) is 161 cm³/mol. The highest BCUT2D eigenvalue weighted by molar-refractivity contribution is 5.92. The molecule has 8 heteroatoms. The van der Waals surface area contributed by atoms with Gasteiger partial charge < -0.3 is 25.0 Å². The first-order chi connectivity index (χ1) is 18.4. The van der Waals surface area contributed by atoms with Crippen molar-refractivity contribution in [3.8, 4) is 5.75 Å². The first-order valence-electron chi connectivity index (χ1n) is 14.2. The van der Waals surface area contributed by atoms with Crippen LogP contribution in [0.1, 0.15) is 81.7 Å². The molecule has 0 spiro atoms. The second-order valence-electron chi connectivity index (χ2n) is 12.7. The smallest absolute Gasteiger partial charge is 0.333 e. The fraction of sp³-hybridized carbons (Fsp3) is 0.656. The van der Waals surface area contributed by atoms with Gasteiger partial charge >= 0.3 is 5.97 Å². The van der Waals surface area contributed by atoms with E-state index in [0.29, 0.717) is 5.57 Å². The van der Waals surface area contributed by atoms with Gasteiger partial charge in [-0.05, 0) is 63.8 Å². The van der Waals surface area contributed by atoms with Crippen LogP contribution in [0.2, 0.25) is 0 Å². The van der Waals surface area contributed by atoms with E-state index in [9.17, 15) is 14.4 Å². The summed E-state index contributed by atoms with van der Waals surface area (Å²) in [6.07, 6.45) is 1.84. The molecule has 0 fully saturated rings. The Labute approximate surface area is 242 Å². The van der Waals surface area contributed by atoms with Crippen LogP contribution in [0.4, 0.5) is 0 Å². The molecule has 0 aromatic heterocycles. The number of rotatable bonds is 13. The molecule has 0 bridgehead atoms. The third-order valence-electron chi connectivity index (χ3n) is 7.14. The number of likely N-dealkylation sites (N-methyl/N-ethyl adjacent to an activating group) is 2. The molecular formula is C32H53N3O5. The maximum absolute atomic E-state index is 13.9. The number of hydrogen-bond acceptors (Lipinski definition) is 6. The molecule has 0 saturated carbocycles. The topological polar surface area (TPSA) is 97.0 Å². The van der Waals surface area contributed by atoms with Crippen LogP contribution in [0, 0.1) is 11.3 Å². The summed E-state index contributed by atoms with van der Waals surface area (Å²) in [5, 5.41) is 6.24. The van der Waals surface area contributed by atoms with Gasteiger partial charge in [0.25, 0.3) is 0 Å². The Balaban J connectivity index is 3.29. The standard InChI is InChI=1S/C32H53N3O5/c1-14-39-30(38)22(6)19-25(20(2)3)35(13)29(37)27(31(7,8)9)34-28(36)26(33-12)32(10,11)23-15-17-24(18-16-23)40-21(4)5/h15-21,25-27,33H,14H2,1-13H3,(H,34,36)/t25-,26?,27-/m1/s1. The average Bonchev–Trinajstić information content (AvgIpc) is 2.84. The van der Waals surface area contributed by atoms with E-state index in [4.69, 9.17) is 9.47 Å². The minimum Gasteiger partial charge on any atom is -0.491 e. The molecule has 226 valence electrons. The SMILES string of the molecule is CCOC(=O)C(C)=C[C@H](C(C)C)N(C)C(=O)[C@@H](NC(=O)C(NC)C(C)(C)c1ccc(OC(C)C)cc1)C(C)(C)C. The van der Waals surface area contributed by atoms with E-state index in [1.165, 1.54) is 0 Å². The van der Waals surface area contributed by atoms with Crippen LogP contribution in [0.15, 0.2) is 35.9 Å². The third kappa shape index (κ3) is 9.36. The summed E-state index contributed by atoms with van der Waals surface area (Å²) in [6, 6.07) is 6.01. The monoisotopic (exact) mass is 559 g/mol. The largest absolute Gasteiger partial charge is 0.491 e. The minimum absolute atomic E-state index is 0.0290. The Kier molecular flexibility index (Phi) is 12.9. The molecule has 40 heavy (non-hydrogen) atoms. The van der Waals surface area contributed by atoms with E-state index < -0.39 is 28.9 Å². The molecule has 8 nitrogen and oxygen atoms in total. The molecule has 0 radical (unpaired) electrons. The summed E-state index contributed by atoms with van der Waals surface area (Å²) in [4.78, 5) is 41.6. The highest BCUT2D eigenvalue weighted by Crippen LogP contribution is 2.30. The fourth-order valence-corrected chi connectivity index (χ4v) is 4.77. The molecule has 0 saturated heterocycles. The van der Waals surface area contributed by atoms with E-state index in [0.717, 1.165) is 11.3 Å². The summed E-state index contributed by atoms with van der Waals surface area (Å²) in [5.41, 5.74) is 0.249. The first kappa shape index (κ1) is 35.2. The van der Waals surface area contributed by atoms with Crippen molar-refractivity contribution in [1.29, 1.82) is 0 Å². The van der Waals surface area contributed by atoms with Gasteiger partial charge in [0, 0.05) is 18.0 Å². The number of nitrogens with one attached hydrogen (secondary N) is 2. The molecule has 1 aromatic rings. The van der Waals surface area contributed by atoms with Crippen LogP contribution in [0.25, 0.3) is 0 Å². The molecular weight excluding hydrogens is 506 g/mol. The zero-order valence-electron chi connectivity index (χ0n) is 27.0. The molecule has 0 heterocycles. The third-order valence-corrected chi connectivity index (χ3v) is 7.14. The average molecular weight is 560 g/mol. The van der Waals surface area contributed by atoms with Gasteiger partial charge in [-0.15, -0.1) is 0 Å². The van der Waals surface area contributed by atoms with Crippen LogP contribution in [0.3, 0.4) is 0 Å². The van der Waals surface area contributed by atoms with E-state index in [1.807, 2.05) is 86.6 Å². The minimum atomic E-state index is -0.795. The van der Waals surface area contributed by atoms with Crippen molar-refractivity contribution in [2.45, 2.75) is 106 Å². The van der Waals surface area contributed by atoms with Crippen molar-refractivity contribution in [1.82, 2.24) is 15.5 Å². The molecule has 2 amide bonds. The van der Waals surface area contributed by atoms with Gasteiger partial charge in [0.1, 0.15) is 11.8 Å². The second kappa shape index (κ2) is 14.7. The van der Waals surface area contributed by atoms with Crippen LogP contribution in [-0.2, 0) is 24.5 Å². The Morgan fingerprint density at radius 1 is 0.975 bits per heavy atom. The fourth-order valence-electron chi connectivity index (χ4n) is 4.77. The Morgan fingerprint density at radius 3 is 1.95 bits per heavy atom. The second-order valence-corrected chi connectivity index (χ2v) is 12.7. The zero-order chi connectivity index (χ0) is 31.0. The van der Waals surface area contributed by atoms with Crippen LogP contribution < -0.4 is 15.4 Å². The molecule has 3 atom stereocenters. The highest BCUT2D eigenvalue weighted by Gasteiger charge is 2.41. The van der Waals surface area contributed by atoms with Crippen molar-refractivity contribution >= 4 is 17.8 Å². The molecule has 0 aliphatic carbocycles. The van der Waals surface area contributed by atoms with Crippen molar-refractivity contribution in [3.63, 3.8) is 0 Å². The lowest BCUT2D eigenvalue weighted by molar-refractivity contribution is -0.141. The highest BCUT2D eigenvalue weighted by atomic mass is 16.5. The summed E-state index contributed by atoms with van der Waals surface area (Å²) >= 11 is 0. The van der Waals surface area contributed by atoms with Gasteiger partial charge in [-0.3, -0.25) is 9.59 Å². The Hall–Kier alpha value is -2.87. The number of ether oxygens (including phenoxy) is 2. The van der Waals surface area contributed by atoms with Crippen molar-refractivity contribution in [2.75, 3.05) is 20.7 Å². The maximum atomic E-state index is 13.9. The number of hydrogen-bond donors (Lipinski definition) is 2. The Bertz CT molecular complexity index is 1020. The van der Waals surface area contributed by atoms with Gasteiger partial charge in [0.05, 0.1) is 24.8 Å². The number of esters is 1. The summed E-state index contributed by atoms with van der Waals surface area (Å²) in [6.45, 7) is 21.5. The summed E-state index contributed by atoms with van der Waals surface area (Å²) in [7, 11) is 3.47. The van der Waals surface area contributed by atoms with Crippen molar-refractivity contribution < 1.29 is 23.9 Å². The summed E-state index contributed by atoms with van der Waals surface area (Å²) < 4.78 is 10.9. The number of nitrogens with zero attached hydrogens (tertiary/aromatic N) is 1.